The van der Waals surface area contributed by atoms with E-state index in [1.807, 2.05) is 24.4 Å². The van der Waals surface area contributed by atoms with Gasteiger partial charge >= 0.3 is 6.18 Å². The van der Waals surface area contributed by atoms with E-state index in [1.165, 1.54) is 23.2 Å². The van der Waals surface area contributed by atoms with E-state index in [1.54, 1.807) is 13.1 Å². The fourth-order valence-electron chi connectivity index (χ4n) is 2.86. The maximum atomic E-state index is 12.3. The Bertz CT molecular complexity index is 974. The normalized spacial score (nSPS) is 11.8. The van der Waals surface area contributed by atoms with Gasteiger partial charge in [0.25, 0.3) is 0 Å². The number of pyridine rings is 1. The number of nitrogens with one attached hydrogen (secondary N) is 3. The molecule has 0 bridgehead atoms. The molecular formula is C20H23F3IN5O. The zero-order valence-electron chi connectivity index (χ0n) is 16.3. The molecule has 10 heteroatoms. The van der Waals surface area contributed by atoms with Crippen LogP contribution in [0.5, 0.6) is 5.88 Å². The van der Waals surface area contributed by atoms with Crippen molar-refractivity contribution in [1.82, 2.24) is 20.6 Å². The number of ether oxygens (including phenoxy) is 1. The van der Waals surface area contributed by atoms with Gasteiger partial charge in [-0.15, -0.1) is 24.0 Å². The number of hydrogen-bond acceptors (Lipinski definition) is 3. The summed E-state index contributed by atoms with van der Waals surface area (Å²) in [5.41, 5.74) is 3.05. The predicted octanol–water partition coefficient (Wildman–Crippen LogP) is 4.03. The lowest BCUT2D eigenvalue weighted by atomic mass is 10.1. The highest BCUT2D eigenvalue weighted by molar-refractivity contribution is 14.0. The number of fused-ring (bicyclic) bond motifs is 1. The quantitative estimate of drug-likeness (QED) is 0.244. The van der Waals surface area contributed by atoms with Crippen molar-refractivity contribution >= 4 is 40.8 Å². The third-order valence-electron chi connectivity index (χ3n) is 4.23. The van der Waals surface area contributed by atoms with Gasteiger partial charge in [0.15, 0.2) is 12.6 Å². The predicted molar refractivity (Wildman–Crippen MR) is 121 cm³/mol. The van der Waals surface area contributed by atoms with Crippen LogP contribution in [-0.2, 0) is 13.0 Å². The second kappa shape index (κ2) is 11.0. The number of halogens is 4. The fraction of sp³-hybridized carbons (Fsp3) is 0.300. The standard InChI is InChI=1S/C20H22F3N5O.HI/c1-24-19(26-9-7-15-12-27-17-5-3-2-4-16(15)17)28-11-14-6-8-25-18(10-14)29-13-20(21,22)23;/h2-6,8,10,12,27H,7,9,11,13H2,1H3,(H2,24,26,28);1H. The first kappa shape index (κ1) is 23.8. The molecule has 162 valence electrons. The number of guanidine groups is 1. The zero-order chi connectivity index (χ0) is 20.7. The van der Waals surface area contributed by atoms with Crippen LogP contribution in [0, 0.1) is 0 Å². The smallest absolute Gasteiger partial charge is 0.422 e. The Morgan fingerprint density at radius 2 is 2.00 bits per heavy atom. The first-order valence-electron chi connectivity index (χ1n) is 9.08. The number of nitrogens with zero attached hydrogens (tertiary/aromatic N) is 2. The highest BCUT2D eigenvalue weighted by atomic mass is 127. The third-order valence-corrected chi connectivity index (χ3v) is 4.23. The molecule has 2 aromatic heterocycles. The number of alkyl halides is 3. The van der Waals surface area contributed by atoms with Crippen LogP contribution in [0.1, 0.15) is 11.1 Å². The second-order valence-electron chi connectivity index (χ2n) is 6.37. The second-order valence-corrected chi connectivity index (χ2v) is 6.37. The Labute approximate surface area is 189 Å². The van der Waals surface area contributed by atoms with Crippen molar-refractivity contribution in [1.29, 1.82) is 0 Å². The van der Waals surface area contributed by atoms with E-state index in [0.29, 0.717) is 19.0 Å². The van der Waals surface area contributed by atoms with Crippen LogP contribution in [0.25, 0.3) is 10.9 Å². The van der Waals surface area contributed by atoms with Gasteiger partial charge in [0, 0.05) is 49.5 Å². The molecule has 0 aliphatic rings. The van der Waals surface area contributed by atoms with Crippen molar-refractivity contribution in [2.75, 3.05) is 20.2 Å². The monoisotopic (exact) mass is 533 g/mol. The number of benzene rings is 1. The highest BCUT2D eigenvalue weighted by Crippen LogP contribution is 2.18. The molecule has 30 heavy (non-hydrogen) atoms. The van der Waals surface area contributed by atoms with E-state index in [4.69, 9.17) is 0 Å². The Morgan fingerprint density at radius 1 is 1.20 bits per heavy atom. The molecule has 0 fully saturated rings. The molecule has 3 rings (SSSR count). The summed E-state index contributed by atoms with van der Waals surface area (Å²) in [5, 5.41) is 7.55. The summed E-state index contributed by atoms with van der Waals surface area (Å²) in [4.78, 5) is 11.2. The minimum Gasteiger partial charge on any atom is -0.468 e. The highest BCUT2D eigenvalue weighted by Gasteiger charge is 2.28. The fourth-order valence-corrected chi connectivity index (χ4v) is 2.86. The summed E-state index contributed by atoms with van der Waals surface area (Å²) in [7, 11) is 1.66. The summed E-state index contributed by atoms with van der Waals surface area (Å²) in [6.45, 7) is -0.316. The van der Waals surface area contributed by atoms with E-state index in [2.05, 4.69) is 36.4 Å². The van der Waals surface area contributed by atoms with Gasteiger partial charge < -0.3 is 20.4 Å². The van der Waals surface area contributed by atoms with Gasteiger partial charge in [-0.05, 0) is 29.7 Å². The van der Waals surface area contributed by atoms with Crippen molar-refractivity contribution in [3.63, 3.8) is 0 Å². The van der Waals surface area contributed by atoms with Crippen molar-refractivity contribution in [2.45, 2.75) is 19.1 Å². The van der Waals surface area contributed by atoms with Crippen molar-refractivity contribution in [3.05, 3.63) is 59.9 Å². The topological polar surface area (TPSA) is 74.3 Å². The van der Waals surface area contributed by atoms with Crippen LogP contribution in [0.15, 0.2) is 53.8 Å². The Kier molecular flexibility index (Phi) is 8.75. The Balaban J connectivity index is 0.00000320. The zero-order valence-corrected chi connectivity index (χ0v) is 18.6. The van der Waals surface area contributed by atoms with Crippen LogP contribution in [0.2, 0.25) is 0 Å². The van der Waals surface area contributed by atoms with Gasteiger partial charge in [0.05, 0.1) is 0 Å². The summed E-state index contributed by atoms with van der Waals surface area (Å²) in [6, 6.07) is 11.3. The maximum Gasteiger partial charge on any atom is 0.422 e. The van der Waals surface area contributed by atoms with Crippen LogP contribution in [0.3, 0.4) is 0 Å². The minimum absolute atomic E-state index is 0. The van der Waals surface area contributed by atoms with E-state index in [-0.39, 0.29) is 29.9 Å². The molecule has 0 radical (unpaired) electrons. The molecule has 0 unspecified atom stereocenters. The SMILES string of the molecule is CN=C(NCCc1c[nH]c2ccccc12)NCc1ccnc(OCC(F)(F)F)c1.I. The molecule has 6 nitrogen and oxygen atoms in total. The molecule has 2 heterocycles. The van der Waals surface area contributed by atoms with Gasteiger partial charge in [-0.3, -0.25) is 4.99 Å². The lowest BCUT2D eigenvalue weighted by Crippen LogP contribution is -2.37. The van der Waals surface area contributed by atoms with Crippen molar-refractivity contribution in [3.8, 4) is 5.88 Å². The molecule has 3 N–H and O–H groups in total. The van der Waals surface area contributed by atoms with E-state index >= 15 is 0 Å². The molecule has 3 aromatic rings. The van der Waals surface area contributed by atoms with Gasteiger partial charge in [0.1, 0.15) is 0 Å². The Morgan fingerprint density at radius 3 is 2.77 bits per heavy atom. The van der Waals surface area contributed by atoms with Crippen molar-refractivity contribution < 1.29 is 17.9 Å². The van der Waals surface area contributed by atoms with Crippen LogP contribution in [-0.4, -0.2) is 42.3 Å². The number of aromatic amines is 1. The molecule has 0 atom stereocenters. The minimum atomic E-state index is -4.40. The molecule has 0 saturated carbocycles. The first-order valence-corrected chi connectivity index (χ1v) is 9.08. The third kappa shape index (κ3) is 7.08. The molecule has 0 aliphatic carbocycles. The maximum absolute atomic E-state index is 12.3. The molecule has 0 spiro atoms. The average molecular weight is 533 g/mol. The number of aliphatic imine (C=N–C) groups is 1. The van der Waals surface area contributed by atoms with Crippen LogP contribution in [0.4, 0.5) is 13.2 Å². The molecule has 0 amide bonds. The summed E-state index contributed by atoms with van der Waals surface area (Å²) in [6.07, 6.45) is -0.167. The largest absolute Gasteiger partial charge is 0.468 e. The van der Waals surface area contributed by atoms with E-state index < -0.39 is 12.8 Å². The van der Waals surface area contributed by atoms with Gasteiger partial charge in [-0.1, -0.05) is 18.2 Å². The average Bonchev–Trinajstić information content (AvgIpc) is 3.12. The summed E-state index contributed by atoms with van der Waals surface area (Å²) in [5.74, 6) is 0.531. The number of para-hydroxylation sites is 1. The van der Waals surface area contributed by atoms with Gasteiger partial charge in [0.2, 0.25) is 5.88 Å². The molecule has 1 aromatic carbocycles. The van der Waals surface area contributed by atoms with E-state index in [0.717, 1.165) is 17.5 Å². The molecular weight excluding hydrogens is 510 g/mol. The van der Waals surface area contributed by atoms with Gasteiger partial charge in [-0.25, -0.2) is 4.98 Å². The van der Waals surface area contributed by atoms with Crippen molar-refractivity contribution in [2.24, 2.45) is 4.99 Å². The molecule has 0 aliphatic heterocycles. The van der Waals surface area contributed by atoms with Crippen LogP contribution >= 0.6 is 24.0 Å². The lowest BCUT2D eigenvalue weighted by molar-refractivity contribution is -0.154. The molecule has 0 saturated heterocycles. The summed E-state index contributed by atoms with van der Waals surface area (Å²) < 4.78 is 41.4. The van der Waals surface area contributed by atoms with Gasteiger partial charge in [-0.2, -0.15) is 13.2 Å². The van der Waals surface area contributed by atoms with E-state index in [9.17, 15) is 13.2 Å². The Hall–Kier alpha value is -2.50. The number of H-pyrrole nitrogens is 1. The number of hydrogen-bond donors (Lipinski definition) is 3. The van der Waals surface area contributed by atoms with Crippen LogP contribution < -0.4 is 15.4 Å². The lowest BCUT2D eigenvalue weighted by Gasteiger charge is -2.13. The summed E-state index contributed by atoms with van der Waals surface area (Å²) >= 11 is 0. The number of rotatable bonds is 7. The first-order chi connectivity index (χ1) is 13.9. The number of aromatic nitrogens is 2.